The molecule has 2 aromatic carbocycles. The lowest BCUT2D eigenvalue weighted by Gasteiger charge is -2.19. The molecule has 3 aromatic rings. The quantitative estimate of drug-likeness (QED) is 0.676. The van der Waals surface area contributed by atoms with Gasteiger partial charge in [-0.05, 0) is 36.1 Å². The Labute approximate surface area is 148 Å². The third kappa shape index (κ3) is 3.85. The Kier molecular flexibility index (Phi) is 4.53. The van der Waals surface area contributed by atoms with Crippen LogP contribution in [0.5, 0.6) is 0 Å². The van der Waals surface area contributed by atoms with E-state index in [1.54, 1.807) is 0 Å². The summed E-state index contributed by atoms with van der Waals surface area (Å²) < 4.78 is 5.72. The van der Waals surface area contributed by atoms with Crippen molar-refractivity contribution in [1.82, 2.24) is 5.32 Å². The minimum absolute atomic E-state index is 0.0979. The molecule has 0 aliphatic rings. The first-order chi connectivity index (χ1) is 11.8. The molecule has 25 heavy (non-hydrogen) atoms. The number of carbonyl (C=O) groups excluding carboxylic acids is 1. The van der Waals surface area contributed by atoms with E-state index in [9.17, 15) is 4.79 Å². The van der Waals surface area contributed by atoms with Gasteiger partial charge in [-0.3, -0.25) is 0 Å². The fourth-order valence-electron chi connectivity index (χ4n) is 2.84. The Morgan fingerprint density at radius 3 is 2.40 bits per heavy atom. The highest BCUT2D eigenvalue weighted by atomic mass is 16.3. The topological polar surface area (TPSA) is 54.3 Å². The molecule has 0 saturated carbocycles. The maximum atomic E-state index is 12.2. The van der Waals surface area contributed by atoms with E-state index in [0.717, 1.165) is 28.0 Å². The van der Waals surface area contributed by atoms with E-state index in [0.29, 0.717) is 6.54 Å². The van der Waals surface area contributed by atoms with Gasteiger partial charge in [-0.25, -0.2) is 4.79 Å². The van der Waals surface area contributed by atoms with E-state index in [2.05, 4.69) is 31.4 Å². The number of hydrogen-bond donors (Lipinski definition) is 2. The summed E-state index contributed by atoms with van der Waals surface area (Å²) in [5.74, 6) is 0.830. The number of carbonyl (C=O) groups is 1. The largest absolute Gasteiger partial charge is 0.461 e. The number of benzene rings is 2. The summed E-state index contributed by atoms with van der Waals surface area (Å²) in [6, 6.07) is 15.6. The van der Waals surface area contributed by atoms with Crippen LogP contribution < -0.4 is 10.6 Å². The van der Waals surface area contributed by atoms with Crippen molar-refractivity contribution in [3.8, 4) is 0 Å². The SMILES string of the molecule is Cc1oc2ccccc2c1CNC(=O)Nc1ccc(C(C)(C)C)cc1. The molecule has 0 radical (unpaired) electrons. The molecule has 0 unspecified atom stereocenters. The molecule has 3 rings (SSSR count). The lowest BCUT2D eigenvalue weighted by atomic mass is 9.87. The summed E-state index contributed by atoms with van der Waals surface area (Å²) in [6.45, 7) is 8.84. The molecule has 130 valence electrons. The van der Waals surface area contributed by atoms with Gasteiger partial charge >= 0.3 is 6.03 Å². The molecular weight excluding hydrogens is 312 g/mol. The normalized spacial score (nSPS) is 11.5. The zero-order valence-electron chi connectivity index (χ0n) is 15.1. The molecule has 1 aromatic heterocycles. The smallest absolute Gasteiger partial charge is 0.319 e. The summed E-state index contributed by atoms with van der Waals surface area (Å²) in [6.07, 6.45) is 0. The van der Waals surface area contributed by atoms with Crippen LogP contribution in [0.4, 0.5) is 10.5 Å². The summed E-state index contributed by atoms with van der Waals surface area (Å²) in [5, 5.41) is 6.81. The summed E-state index contributed by atoms with van der Waals surface area (Å²) in [5.41, 5.74) is 3.96. The van der Waals surface area contributed by atoms with Crippen LogP contribution in [-0.2, 0) is 12.0 Å². The van der Waals surface area contributed by atoms with E-state index in [4.69, 9.17) is 4.42 Å². The highest BCUT2D eigenvalue weighted by Crippen LogP contribution is 2.25. The number of rotatable bonds is 3. The van der Waals surface area contributed by atoms with Crippen LogP contribution in [0.15, 0.2) is 52.9 Å². The van der Waals surface area contributed by atoms with Gasteiger partial charge in [0.2, 0.25) is 0 Å². The van der Waals surface area contributed by atoms with Gasteiger partial charge in [0.15, 0.2) is 0 Å². The molecule has 1 heterocycles. The third-order valence-corrected chi connectivity index (χ3v) is 4.33. The van der Waals surface area contributed by atoms with Gasteiger partial charge in [-0.2, -0.15) is 0 Å². The standard InChI is InChI=1S/C21H24N2O2/c1-14-18(17-7-5-6-8-19(17)25-14)13-22-20(24)23-16-11-9-15(10-12-16)21(2,3)4/h5-12H,13H2,1-4H3,(H2,22,23,24). The highest BCUT2D eigenvalue weighted by molar-refractivity contribution is 5.90. The third-order valence-electron chi connectivity index (χ3n) is 4.33. The molecule has 0 aliphatic heterocycles. The van der Waals surface area contributed by atoms with Gasteiger partial charge in [0.25, 0.3) is 0 Å². The predicted molar refractivity (Wildman–Crippen MR) is 102 cm³/mol. The van der Waals surface area contributed by atoms with Crippen molar-refractivity contribution >= 4 is 22.7 Å². The van der Waals surface area contributed by atoms with Gasteiger partial charge in [0.1, 0.15) is 11.3 Å². The zero-order chi connectivity index (χ0) is 18.0. The predicted octanol–water partition coefficient (Wildman–Crippen LogP) is 5.36. The first-order valence-corrected chi connectivity index (χ1v) is 8.47. The van der Waals surface area contributed by atoms with Crippen molar-refractivity contribution in [1.29, 1.82) is 0 Å². The Bertz CT molecular complexity index is 886. The second kappa shape index (κ2) is 6.63. The van der Waals surface area contributed by atoms with E-state index >= 15 is 0 Å². The molecule has 0 saturated heterocycles. The van der Waals surface area contributed by atoms with Gasteiger partial charge in [-0.15, -0.1) is 0 Å². The van der Waals surface area contributed by atoms with Crippen molar-refractivity contribution in [2.75, 3.05) is 5.32 Å². The van der Waals surface area contributed by atoms with Crippen LogP contribution in [0.1, 0.15) is 37.7 Å². The molecule has 2 amide bonds. The summed E-state index contributed by atoms with van der Waals surface area (Å²) >= 11 is 0. The van der Waals surface area contributed by atoms with E-state index < -0.39 is 0 Å². The first kappa shape index (κ1) is 17.1. The lowest BCUT2D eigenvalue weighted by molar-refractivity contribution is 0.251. The van der Waals surface area contributed by atoms with Gasteiger partial charge in [0, 0.05) is 23.2 Å². The van der Waals surface area contributed by atoms with Crippen molar-refractivity contribution in [2.24, 2.45) is 0 Å². The Morgan fingerprint density at radius 1 is 1.04 bits per heavy atom. The zero-order valence-corrected chi connectivity index (χ0v) is 15.1. The van der Waals surface area contributed by atoms with Crippen LogP contribution in [0.2, 0.25) is 0 Å². The van der Waals surface area contributed by atoms with Crippen LogP contribution in [0.25, 0.3) is 11.0 Å². The fourth-order valence-corrected chi connectivity index (χ4v) is 2.84. The molecule has 0 aliphatic carbocycles. The van der Waals surface area contributed by atoms with Crippen LogP contribution in [-0.4, -0.2) is 6.03 Å². The number of anilines is 1. The Morgan fingerprint density at radius 2 is 1.72 bits per heavy atom. The molecule has 0 bridgehead atoms. The minimum Gasteiger partial charge on any atom is -0.461 e. The minimum atomic E-state index is -0.229. The molecule has 4 heteroatoms. The van der Waals surface area contributed by atoms with Crippen molar-refractivity contribution < 1.29 is 9.21 Å². The number of nitrogens with one attached hydrogen (secondary N) is 2. The molecule has 4 nitrogen and oxygen atoms in total. The summed E-state index contributed by atoms with van der Waals surface area (Å²) in [7, 11) is 0. The number of urea groups is 1. The lowest BCUT2D eigenvalue weighted by Crippen LogP contribution is -2.28. The first-order valence-electron chi connectivity index (χ1n) is 8.47. The molecule has 0 fully saturated rings. The number of fused-ring (bicyclic) bond motifs is 1. The highest BCUT2D eigenvalue weighted by Gasteiger charge is 2.14. The number of amides is 2. The molecular formula is C21H24N2O2. The van der Waals surface area contributed by atoms with Gasteiger partial charge in [-0.1, -0.05) is 51.1 Å². The maximum absolute atomic E-state index is 12.2. The second-order valence-electron chi connectivity index (χ2n) is 7.27. The molecule has 2 N–H and O–H groups in total. The molecule has 0 atom stereocenters. The number of hydrogen-bond acceptors (Lipinski definition) is 2. The van der Waals surface area contributed by atoms with Crippen LogP contribution in [0, 0.1) is 6.92 Å². The van der Waals surface area contributed by atoms with Crippen molar-refractivity contribution in [3.63, 3.8) is 0 Å². The number of para-hydroxylation sites is 1. The van der Waals surface area contributed by atoms with E-state index in [1.165, 1.54) is 5.56 Å². The second-order valence-corrected chi connectivity index (χ2v) is 7.27. The summed E-state index contributed by atoms with van der Waals surface area (Å²) in [4.78, 5) is 12.2. The Balaban J connectivity index is 1.64. The van der Waals surface area contributed by atoms with Gasteiger partial charge < -0.3 is 15.1 Å². The van der Waals surface area contributed by atoms with Gasteiger partial charge in [0.05, 0.1) is 0 Å². The van der Waals surface area contributed by atoms with Crippen LogP contribution in [0.3, 0.4) is 0 Å². The maximum Gasteiger partial charge on any atom is 0.319 e. The molecule has 0 spiro atoms. The fraction of sp³-hybridized carbons (Fsp3) is 0.286. The number of aryl methyl sites for hydroxylation is 1. The monoisotopic (exact) mass is 336 g/mol. The average Bonchev–Trinajstić information content (AvgIpc) is 2.88. The van der Waals surface area contributed by atoms with E-state index in [1.807, 2.05) is 55.5 Å². The Hall–Kier alpha value is -2.75. The van der Waals surface area contributed by atoms with E-state index in [-0.39, 0.29) is 11.4 Å². The van der Waals surface area contributed by atoms with Crippen molar-refractivity contribution in [2.45, 2.75) is 39.7 Å². The van der Waals surface area contributed by atoms with Crippen LogP contribution >= 0.6 is 0 Å². The average molecular weight is 336 g/mol. The van der Waals surface area contributed by atoms with Crippen molar-refractivity contribution in [3.05, 3.63) is 65.4 Å². The number of furan rings is 1.